The number of fused-ring (bicyclic) bond motifs is 1. The van der Waals surface area contributed by atoms with Crippen molar-refractivity contribution in [2.45, 2.75) is 25.9 Å². The van der Waals surface area contributed by atoms with Gasteiger partial charge in [-0.3, -0.25) is 10.2 Å². The van der Waals surface area contributed by atoms with Crippen molar-refractivity contribution >= 4 is 22.5 Å². The average Bonchev–Trinajstić information content (AvgIpc) is 3.05. The van der Waals surface area contributed by atoms with Crippen LogP contribution in [0.2, 0.25) is 0 Å². The van der Waals surface area contributed by atoms with Crippen LogP contribution in [0.3, 0.4) is 0 Å². The Morgan fingerprint density at radius 2 is 2.23 bits per heavy atom. The van der Waals surface area contributed by atoms with E-state index in [9.17, 15) is 4.79 Å². The SMILES string of the molecule is C[C@H](CNC(=O)Nc1nccs1)N1CCc2ccccc2C1. The Bertz CT molecular complexity index is 629. The van der Waals surface area contributed by atoms with Gasteiger partial charge >= 0.3 is 6.03 Å². The van der Waals surface area contributed by atoms with Crippen LogP contribution < -0.4 is 10.6 Å². The summed E-state index contributed by atoms with van der Waals surface area (Å²) in [5.74, 6) is 0. The molecule has 2 heterocycles. The molecule has 2 aromatic rings. The molecule has 1 aromatic heterocycles. The van der Waals surface area contributed by atoms with E-state index in [1.54, 1.807) is 6.20 Å². The van der Waals surface area contributed by atoms with Crippen molar-refractivity contribution in [3.05, 3.63) is 47.0 Å². The Hall–Kier alpha value is -1.92. The molecule has 1 aliphatic rings. The van der Waals surface area contributed by atoms with Gasteiger partial charge < -0.3 is 5.32 Å². The summed E-state index contributed by atoms with van der Waals surface area (Å²) in [5, 5.41) is 8.11. The number of rotatable bonds is 4. The predicted octanol–water partition coefficient (Wildman–Crippen LogP) is 2.71. The van der Waals surface area contributed by atoms with Crippen LogP contribution in [-0.2, 0) is 13.0 Å². The number of urea groups is 1. The average molecular weight is 316 g/mol. The number of carbonyl (C=O) groups excluding carboxylic acids is 1. The number of benzene rings is 1. The van der Waals surface area contributed by atoms with Crippen LogP contribution in [0.5, 0.6) is 0 Å². The van der Waals surface area contributed by atoms with Crippen LogP contribution in [0.1, 0.15) is 18.1 Å². The van der Waals surface area contributed by atoms with Crippen molar-refractivity contribution in [3.63, 3.8) is 0 Å². The standard InChI is InChI=1S/C16H20N4OS/c1-12(10-18-15(21)19-16-17-7-9-22-16)20-8-6-13-4-2-3-5-14(13)11-20/h2-5,7,9,12H,6,8,10-11H2,1H3,(H2,17,18,19,21)/t12-/m1/s1. The lowest BCUT2D eigenvalue weighted by Gasteiger charge is -2.33. The summed E-state index contributed by atoms with van der Waals surface area (Å²) >= 11 is 1.41. The summed E-state index contributed by atoms with van der Waals surface area (Å²) in [6.45, 7) is 4.76. The topological polar surface area (TPSA) is 57.3 Å². The van der Waals surface area contributed by atoms with Gasteiger partial charge in [-0.1, -0.05) is 24.3 Å². The lowest BCUT2D eigenvalue weighted by atomic mass is 9.99. The van der Waals surface area contributed by atoms with Crippen LogP contribution in [0.15, 0.2) is 35.8 Å². The molecule has 5 nitrogen and oxygen atoms in total. The summed E-state index contributed by atoms with van der Waals surface area (Å²) < 4.78 is 0. The van der Waals surface area contributed by atoms with Gasteiger partial charge in [-0.05, 0) is 24.5 Å². The van der Waals surface area contributed by atoms with Crippen LogP contribution in [-0.4, -0.2) is 35.0 Å². The predicted molar refractivity (Wildman–Crippen MR) is 89.2 cm³/mol. The Morgan fingerprint density at radius 1 is 1.41 bits per heavy atom. The number of nitrogens with one attached hydrogen (secondary N) is 2. The highest BCUT2D eigenvalue weighted by Crippen LogP contribution is 2.20. The van der Waals surface area contributed by atoms with Gasteiger partial charge in [-0.2, -0.15) is 0 Å². The van der Waals surface area contributed by atoms with Gasteiger partial charge in [0.1, 0.15) is 0 Å². The Morgan fingerprint density at radius 3 is 3.00 bits per heavy atom. The molecule has 2 amide bonds. The lowest BCUT2D eigenvalue weighted by molar-refractivity contribution is 0.186. The van der Waals surface area contributed by atoms with Crippen LogP contribution >= 0.6 is 11.3 Å². The zero-order chi connectivity index (χ0) is 15.4. The van der Waals surface area contributed by atoms with Crippen molar-refractivity contribution in [2.24, 2.45) is 0 Å². The van der Waals surface area contributed by atoms with Gasteiger partial charge in [-0.25, -0.2) is 9.78 Å². The molecule has 2 N–H and O–H groups in total. The van der Waals surface area contributed by atoms with Gasteiger partial charge in [0.15, 0.2) is 5.13 Å². The minimum atomic E-state index is -0.195. The second-order valence-corrected chi connectivity index (χ2v) is 6.41. The van der Waals surface area contributed by atoms with Crippen molar-refractivity contribution in [1.29, 1.82) is 0 Å². The third-order valence-corrected chi connectivity index (χ3v) is 4.68. The fourth-order valence-electron chi connectivity index (χ4n) is 2.69. The monoisotopic (exact) mass is 316 g/mol. The van der Waals surface area contributed by atoms with Gasteiger partial charge in [0, 0.05) is 37.3 Å². The molecule has 1 atom stereocenters. The first-order chi connectivity index (χ1) is 10.7. The van der Waals surface area contributed by atoms with Crippen LogP contribution in [0.25, 0.3) is 0 Å². The molecule has 3 rings (SSSR count). The minimum absolute atomic E-state index is 0.195. The zero-order valence-electron chi connectivity index (χ0n) is 12.6. The molecule has 0 fully saturated rings. The van der Waals surface area contributed by atoms with E-state index in [0.717, 1.165) is 19.5 Å². The van der Waals surface area contributed by atoms with E-state index < -0.39 is 0 Å². The summed E-state index contributed by atoms with van der Waals surface area (Å²) in [6, 6.07) is 8.69. The molecular formula is C16H20N4OS. The molecule has 1 aromatic carbocycles. The van der Waals surface area contributed by atoms with E-state index in [1.165, 1.54) is 22.5 Å². The maximum Gasteiger partial charge on any atom is 0.321 e. The van der Waals surface area contributed by atoms with Gasteiger partial charge in [0.2, 0.25) is 0 Å². The summed E-state index contributed by atoms with van der Waals surface area (Å²) in [6.07, 6.45) is 2.75. The third-order valence-electron chi connectivity index (χ3n) is 3.99. The number of anilines is 1. The molecule has 0 bridgehead atoms. The normalized spacial score (nSPS) is 15.9. The smallest absolute Gasteiger partial charge is 0.321 e. The minimum Gasteiger partial charge on any atom is -0.336 e. The second kappa shape index (κ2) is 6.89. The van der Waals surface area contributed by atoms with E-state index in [4.69, 9.17) is 0 Å². The molecule has 0 spiro atoms. The zero-order valence-corrected chi connectivity index (χ0v) is 13.4. The maximum absolute atomic E-state index is 11.8. The highest BCUT2D eigenvalue weighted by atomic mass is 32.1. The fraction of sp³-hybridized carbons (Fsp3) is 0.375. The van der Waals surface area contributed by atoms with Crippen molar-refractivity contribution in [2.75, 3.05) is 18.4 Å². The van der Waals surface area contributed by atoms with Gasteiger partial charge in [0.05, 0.1) is 0 Å². The Kier molecular flexibility index (Phi) is 4.70. The second-order valence-electron chi connectivity index (χ2n) is 5.51. The van der Waals surface area contributed by atoms with E-state index in [1.807, 2.05) is 5.38 Å². The van der Waals surface area contributed by atoms with Gasteiger partial charge in [-0.15, -0.1) is 11.3 Å². The number of hydrogen-bond donors (Lipinski definition) is 2. The van der Waals surface area contributed by atoms with Crippen molar-refractivity contribution < 1.29 is 4.79 Å². The fourth-order valence-corrected chi connectivity index (χ4v) is 3.21. The molecule has 0 radical (unpaired) electrons. The molecule has 1 aliphatic heterocycles. The molecule has 116 valence electrons. The summed E-state index contributed by atoms with van der Waals surface area (Å²) in [7, 11) is 0. The van der Waals surface area contributed by atoms with Crippen molar-refractivity contribution in [1.82, 2.24) is 15.2 Å². The van der Waals surface area contributed by atoms with E-state index >= 15 is 0 Å². The van der Waals surface area contributed by atoms with Gasteiger partial charge in [0.25, 0.3) is 0 Å². The largest absolute Gasteiger partial charge is 0.336 e. The molecule has 0 aliphatic carbocycles. The third kappa shape index (κ3) is 3.64. The summed E-state index contributed by atoms with van der Waals surface area (Å²) in [5.41, 5.74) is 2.84. The quantitative estimate of drug-likeness (QED) is 0.912. The van der Waals surface area contributed by atoms with E-state index in [2.05, 4.69) is 51.7 Å². The first kappa shape index (κ1) is 15.0. The Labute approximate surface area is 134 Å². The molecule has 0 saturated heterocycles. The number of nitrogens with zero attached hydrogens (tertiary/aromatic N) is 2. The van der Waals surface area contributed by atoms with Crippen LogP contribution in [0, 0.1) is 0 Å². The van der Waals surface area contributed by atoms with Crippen LogP contribution in [0.4, 0.5) is 9.93 Å². The molecule has 6 heteroatoms. The molecule has 22 heavy (non-hydrogen) atoms. The van der Waals surface area contributed by atoms with Crippen molar-refractivity contribution in [3.8, 4) is 0 Å². The maximum atomic E-state index is 11.8. The number of hydrogen-bond acceptors (Lipinski definition) is 4. The Balaban J connectivity index is 1.48. The number of carbonyl (C=O) groups is 1. The summed E-state index contributed by atoms with van der Waals surface area (Å²) in [4.78, 5) is 18.3. The number of amides is 2. The molecule has 0 unspecified atom stereocenters. The number of thiazole rings is 1. The lowest BCUT2D eigenvalue weighted by Crippen LogP contribution is -2.45. The number of aromatic nitrogens is 1. The first-order valence-electron chi connectivity index (χ1n) is 7.47. The highest BCUT2D eigenvalue weighted by Gasteiger charge is 2.20. The molecule has 0 saturated carbocycles. The van der Waals surface area contributed by atoms with E-state index in [-0.39, 0.29) is 6.03 Å². The first-order valence-corrected chi connectivity index (χ1v) is 8.35. The highest BCUT2D eigenvalue weighted by molar-refractivity contribution is 7.13. The van der Waals surface area contributed by atoms with E-state index in [0.29, 0.717) is 17.7 Å². The molecular weight excluding hydrogens is 296 g/mol.